The van der Waals surface area contributed by atoms with Crippen molar-refractivity contribution in [1.82, 2.24) is 0 Å². The average Bonchev–Trinajstić information content (AvgIpc) is 3.24. The topological polar surface area (TPSA) is 80.7 Å². The summed E-state index contributed by atoms with van der Waals surface area (Å²) in [5, 5.41) is 2.80. The second-order valence-electron chi connectivity index (χ2n) is 7.03. The Balaban J connectivity index is 1.39. The van der Waals surface area contributed by atoms with Gasteiger partial charge in [0.1, 0.15) is 17.3 Å². The second kappa shape index (κ2) is 9.24. The maximum Gasteiger partial charge on any atom is 0.248 e. The first kappa shape index (κ1) is 21.0. The number of nitrogen functional groups attached to an aromatic ring is 1. The van der Waals surface area contributed by atoms with Crippen LogP contribution in [0.1, 0.15) is 5.76 Å². The molecular formula is C23H21ClFN3O3. The zero-order valence-corrected chi connectivity index (χ0v) is 17.4. The van der Waals surface area contributed by atoms with Gasteiger partial charge in [-0.2, -0.15) is 0 Å². The summed E-state index contributed by atoms with van der Waals surface area (Å²) >= 11 is 5.81. The number of carbonyl (C=O) groups excluding carboxylic acids is 1. The third-order valence-electron chi connectivity index (χ3n) is 4.88. The van der Waals surface area contributed by atoms with Crippen LogP contribution in [0.25, 0.3) is 17.4 Å². The fourth-order valence-electron chi connectivity index (χ4n) is 3.31. The van der Waals surface area contributed by atoms with Crippen LogP contribution in [-0.2, 0) is 9.53 Å². The van der Waals surface area contributed by atoms with Crippen LogP contribution in [-0.4, -0.2) is 32.2 Å². The maximum atomic E-state index is 13.3. The van der Waals surface area contributed by atoms with Gasteiger partial charge >= 0.3 is 0 Å². The number of nitrogens with two attached hydrogens (primary N) is 1. The van der Waals surface area contributed by atoms with E-state index in [0.717, 1.165) is 18.8 Å². The van der Waals surface area contributed by atoms with E-state index in [1.54, 1.807) is 30.3 Å². The zero-order valence-electron chi connectivity index (χ0n) is 16.6. The van der Waals surface area contributed by atoms with Crippen LogP contribution in [0, 0.1) is 5.82 Å². The van der Waals surface area contributed by atoms with E-state index in [2.05, 4.69) is 10.2 Å². The van der Waals surface area contributed by atoms with Gasteiger partial charge in [-0.3, -0.25) is 4.79 Å². The lowest BCUT2D eigenvalue weighted by Crippen LogP contribution is -2.36. The molecule has 2 aromatic carbocycles. The lowest BCUT2D eigenvalue weighted by Gasteiger charge is -2.30. The predicted octanol–water partition coefficient (Wildman–Crippen LogP) is 4.81. The molecule has 0 spiro atoms. The van der Waals surface area contributed by atoms with Gasteiger partial charge in [-0.15, -0.1) is 0 Å². The first-order valence-electron chi connectivity index (χ1n) is 9.76. The summed E-state index contributed by atoms with van der Waals surface area (Å²) in [6.07, 6.45) is 2.92. The number of nitrogens with one attached hydrogen (secondary N) is 1. The molecule has 3 N–H and O–H groups in total. The Kier molecular flexibility index (Phi) is 6.25. The number of hydrogen-bond acceptors (Lipinski definition) is 5. The number of halogens is 2. The van der Waals surface area contributed by atoms with E-state index < -0.39 is 5.82 Å². The molecule has 1 amide bonds. The Hall–Kier alpha value is -3.29. The van der Waals surface area contributed by atoms with E-state index in [4.69, 9.17) is 26.5 Å². The van der Waals surface area contributed by atoms with Gasteiger partial charge < -0.3 is 25.1 Å². The zero-order chi connectivity index (χ0) is 21.8. The average molecular weight is 442 g/mol. The van der Waals surface area contributed by atoms with Crippen LogP contribution in [0.2, 0.25) is 5.02 Å². The smallest absolute Gasteiger partial charge is 0.248 e. The molecule has 1 aliphatic rings. The van der Waals surface area contributed by atoms with Crippen molar-refractivity contribution in [1.29, 1.82) is 0 Å². The molecule has 0 saturated carbocycles. The molecule has 2 heterocycles. The van der Waals surface area contributed by atoms with Crippen molar-refractivity contribution in [3.8, 4) is 11.3 Å². The molecule has 1 fully saturated rings. The van der Waals surface area contributed by atoms with Gasteiger partial charge in [0.05, 0.1) is 29.6 Å². The number of amides is 1. The molecule has 8 heteroatoms. The van der Waals surface area contributed by atoms with Crippen LogP contribution in [0.15, 0.2) is 59.0 Å². The molecule has 0 atom stereocenters. The minimum absolute atomic E-state index is 0.0179. The maximum absolute atomic E-state index is 13.3. The van der Waals surface area contributed by atoms with E-state index >= 15 is 0 Å². The summed E-state index contributed by atoms with van der Waals surface area (Å²) in [6, 6.07) is 13.2. The minimum atomic E-state index is -0.493. The number of benzene rings is 2. The van der Waals surface area contributed by atoms with E-state index in [0.29, 0.717) is 41.7 Å². The number of ether oxygens (including phenoxy) is 1. The highest BCUT2D eigenvalue weighted by molar-refractivity contribution is 6.31. The highest BCUT2D eigenvalue weighted by Crippen LogP contribution is 2.28. The molecule has 0 aliphatic carbocycles. The lowest BCUT2D eigenvalue weighted by atomic mass is 10.2. The molecule has 1 aliphatic heterocycles. The normalized spacial score (nSPS) is 14.2. The van der Waals surface area contributed by atoms with Crippen LogP contribution in [0.5, 0.6) is 0 Å². The first-order valence-corrected chi connectivity index (χ1v) is 10.1. The Morgan fingerprint density at radius 3 is 2.68 bits per heavy atom. The third kappa shape index (κ3) is 5.07. The van der Waals surface area contributed by atoms with Gasteiger partial charge in [-0.25, -0.2) is 4.39 Å². The summed E-state index contributed by atoms with van der Waals surface area (Å²) in [5.74, 6) is 0.190. The summed E-state index contributed by atoms with van der Waals surface area (Å²) in [7, 11) is 0. The molecule has 0 radical (unpaired) electrons. The first-order chi connectivity index (χ1) is 15.0. The molecule has 0 unspecified atom stereocenters. The van der Waals surface area contributed by atoms with Gasteiger partial charge in [-0.1, -0.05) is 11.6 Å². The van der Waals surface area contributed by atoms with Crippen LogP contribution >= 0.6 is 11.6 Å². The number of nitrogens with zero attached hydrogens (tertiary/aromatic N) is 1. The van der Waals surface area contributed by atoms with Crippen LogP contribution in [0.4, 0.5) is 21.5 Å². The van der Waals surface area contributed by atoms with Crippen molar-refractivity contribution in [3.63, 3.8) is 0 Å². The van der Waals surface area contributed by atoms with Gasteiger partial charge in [0, 0.05) is 30.4 Å². The van der Waals surface area contributed by atoms with Gasteiger partial charge in [0.15, 0.2) is 0 Å². The van der Waals surface area contributed by atoms with Crippen molar-refractivity contribution in [2.45, 2.75) is 0 Å². The molecule has 3 aromatic rings. The van der Waals surface area contributed by atoms with E-state index in [1.165, 1.54) is 18.2 Å². The van der Waals surface area contributed by atoms with E-state index in [-0.39, 0.29) is 10.9 Å². The largest absolute Gasteiger partial charge is 0.457 e. The number of carbonyl (C=O) groups is 1. The number of morpholine rings is 1. The van der Waals surface area contributed by atoms with E-state index in [9.17, 15) is 9.18 Å². The third-order valence-corrected chi connectivity index (χ3v) is 5.17. The van der Waals surface area contributed by atoms with Crippen LogP contribution < -0.4 is 16.0 Å². The SMILES string of the molecule is Nc1cc(NC(=O)/C=C/c2ccc(-c3ccc(F)c(Cl)c3)o2)ccc1N1CCOCC1. The standard InChI is InChI=1S/C23H21ClFN3O3/c24-18-13-15(1-5-19(18)25)22-7-3-17(31-22)4-8-23(29)27-16-2-6-21(20(26)14-16)28-9-11-30-12-10-28/h1-8,13-14H,9-12,26H2,(H,27,29)/b8-4+. The summed E-state index contributed by atoms with van der Waals surface area (Å²) in [6.45, 7) is 2.92. The number of rotatable bonds is 5. The Bertz CT molecular complexity index is 1120. The van der Waals surface area contributed by atoms with Crippen molar-refractivity contribution in [3.05, 3.63) is 71.2 Å². The monoisotopic (exact) mass is 441 g/mol. The molecule has 31 heavy (non-hydrogen) atoms. The quantitative estimate of drug-likeness (QED) is 0.438. The number of anilines is 3. The highest BCUT2D eigenvalue weighted by atomic mass is 35.5. The summed E-state index contributed by atoms with van der Waals surface area (Å²) in [4.78, 5) is 14.4. The fraction of sp³-hybridized carbons (Fsp3) is 0.174. The Morgan fingerprint density at radius 2 is 1.94 bits per heavy atom. The molecular weight excluding hydrogens is 421 g/mol. The highest BCUT2D eigenvalue weighted by Gasteiger charge is 2.14. The Morgan fingerprint density at radius 1 is 1.13 bits per heavy atom. The van der Waals surface area contributed by atoms with Crippen molar-refractivity contribution in [2.75, 3.05) is 42.3 Å². The lowest BCUT2D eigenvalue weighted by molar-refractivity contribution is -0.111. The minimum Gasteiger partial charge on any atom is -0.457 e. The van der Waals surface area contributed by atoms with E-state index in [1.807, 2.05) is 12.1 Å². The van der Waals surface area contributed by atoms with Crippen molar-refractivity contribution >= 4 is 40.6 Å². The molecule has 4 rings (SSSR count). The molecule has 160 valence electrons. The molecule has 1 aromatic heterocycles. The van der Waals surface area contributed by atoms with Gasteiger partial charge in [-0.05, 0) is 54.6 Å². The summed E-state index contributed by atoms with van der Waals surface area (Å²) in [5.41, 5.74) is 8.94. The second-order valence-corrected chi connectivity index (χ2v) is 7.43. The molecule has 0 bridgehead atoms. The van der Waals surface area contributed by atoms with Crippen molar-refractivity contribution in [2.24, 2.45) is 0 Å². The fourth-order valence-corrected chi connectivity index (χ4v) is 3.49. The Labute approximate surface area is 184 Å². The molecule has 1 saturated heterocycles. The predicted molar refractivity (Wildman–Crippen MR) is 121 cm³/mol. The van der Waals surface area contributed by atoms with Gasteiger partial charge in [0.2, 0.25) is 5.91 Å². The van der Waals surface area contributed by atoms with Crippen molar-refractivity contribution < 1.29 is 18.3 Å². The summed E-state index contributed by atoms with van der Waals surface area (Å²) < 4.78 is 24.4. The van der Waals surface area contributed by atoms with Gasteiger partial charge in [0.25, 0.3) is 0 Å². The number of hydrogen-bond donors (Lipinski definition) is 2. The number of furan rings is 1. The molecule has 6 nitrogen and oxygen atoms in total. The van der Waals surface area contributed by atoms with Crippen LogP contribution in [0.3, 0.4) is 0 Å².